The van der Waals surface area contributed by atoms with E-state index >= 15 is 0 Å². The molecule has 1 aromatic rings. The minimum atomic E-state index is 0.316. The topological polar surface area (TPSA) is 32.3 Å². The maximum Gasteiger partial charge on any atom is 0.224 e. The monoisotopic (exact) mass is 272 g/mol. The summed E-state index contributed by atoms with van der Waals surface area (Å²) >= 11 is 0. The normalized spacial score (nSPS) is 21.4. The van der Waals surface area contributed by atoms with Crippen LogP contribution in [0.1, 0.15) is 49.3 Å². The number of hydrogen-bond acceptors (Lipinski definition) is 2. The number of rotatable bonds is 5. The van der Waals surface area contributed by atoms with E-state index in [0.717, 1.165) is 19.4 Å². The van der Waals surface area contributed by atoms with Crippen LogP contribution in [0.4, 0.5) is 0 Å². The zero-order valence-corrected chi connectivity index (χ0v) is 12.3. The summed E-state index contributed by atoms with van der Waals surface area (Å²) in [6.07, 6.45) is 6.47. The molecule has 0 aromatic heterocycles. The van der Waals surface area contributed by atoms with Crippen LogP contribution in [0.15, 0.2) is 24.3 Å². The Hall–Kier alpha value is -1.35. The predicted octanol–water partition coefficient (Wildman–Crippen LogP) is 2.66. The van der Waals surface area contributed by atoms with Crippen LogP contribution >= 0.6 is 0 Å². The summed E-state index contributed by atoms with van der Waals surface area (Å²) in [5, 5.41) is 3.09. The van der Waals surface area contributed by atoms with E-state index in [1.54, 1.807) is 0 Å². The fraction of sp³-hybridized carbons (Fsp3) is 0.588. The molecule has 0 saturated heterocycles. The number of fused-ring (bicyclic) bond motifs is 1. The second kappa shape index (κ2) is 5.96. The van der Waals surface area contributed by atoms with Crippen LogP contribution in [-0.2, 0) is 11.2 Å². The molecule has 1 unspecified atom stereocenters. The van der Waals surface area contributed by atoms with Crippen LogP contribution in [0.5, 0.6) is 0 Å². The Labute approximate surface area is 121 Å². The van der Waals surface area contributed by atoms with Crippen molar-refractivity contribution < 1.29 is 4.79 Å². The first kappa shape index (κ1) is 13.6. The van der Waals surface area contributed by atoms with Gasteiger partial charge in [-0.2, -0.15) is 0 Å². The lowest BCUT2D eigenvalue weighted by Crippen LogP contribution is -2.39. The number of nitrogens with one attached hydrogen (secondary N) is 1. The van der Waals surface area contributed by atoms with Gasteiger partial charge >= 0.3 is 0 Å². The van der Waals surface area contributed by atoms with Gasteiger partial charge in [-0.05, 0) is 50.3 Å². The van der Waals surface area contributed by atoms with Gasteiger partial charge in [-0.3, -0.25) is 4.79 Å². The molecule has 2 aliphatic carbocycles. The summed E-state index contributed by atoms with van der Waals surface area (Å²) in [6, 6.07) is 9.49. The molecule has 3 nitrogen and oxygen atoms in total. The van der Waals surface area contributed by atoms with E-state index in [9.17, 15) is 4.79 Å². The van der Waals surface area contributed by atoms with Crippen LogP contribution in [0.2, 0.25) is 0 Å². The molecule has 1 fully saturated rings. The van der Waals surface area contributed by atoms with Crippen molar-refractivity contribution in [2.45, 2.75) is 50.6 Å². The van der Waals surface area contributed by atoms with Crippen molar-refractivity contribution in [2.75, 3.05) is 13.6 Å². The van der Waals surface area contributed by atoms with Gasteiger partial charge in [0, 0.05) is 19.0 Å². The van der Waals surface area contributed by atoms with E-state index in [2.05, 4.69) is 34.5 Å². The van der Waals surface area contributed by atoms with Gasteiger partial charge in [-0.1, -0.05) is 24.3 Å². The smallest absolute Gasteiger partial charge is 0.224 e. The number of amides is 1. The van der Waals surface area contributed by atoms with E-state index in [1.807, 2.05) is 7.05 Å². The SMILES string of the molecule is CNCCC(=O)N(C1CC1)C1CCCc2ccccc21. The Morgan fingerprint density at radius 2 is 2.10 bits per heavy atom. The van der Waals surface area contributed by atoms with Crippen molar-refractivity contribution in [3.8, 4) is 0 Å². The summed E-state index contributed by atoms with van der Waals surface area (Å²) < 4.78 is 0. The highest BCUT2D eigenvalue weighted by Crippen LogP contribution is 2.40. The molecule has 3 heteroatoms. The third-order valence-electron chi connectivity index (χ3n) is 4.49. The molecule has 0 bridgehead atoms. The maximum atomic E-state index is 12.6. The number of carbonyl (C=O) groups excluding carboxylic acids is 1. The van der Waals surface area contributed by atoms with Gasteiger partial charge in [0.15, 0.2) is 0 Å². The maximum absolute atomic E-state index is 12.6. The second-order valence-electron chi connectivity index (χ2n) is 5.99. The fourth-order valence-electron chi connectivity index (χ4n) is 3.36. The van der Waals surface area contributed by atoms with Gasteiger partial charge in [0.1, 0.15) is 0 Å². The summed E-state index contributed by atoms with van der Waals surface area (Å²) in [5.74, 6) is 0.323. The molecular formula is C17H24N2O. The van der Waals surface area contributed by atoms with Crippen molar-refractivity contribution >= 4 is 5.91 Å². The van der Waals surface area contributed by atoms with Crippen molar-refractivity contribution in [3.05, 3.63) is 35.4 Å². The first-order chi connectivity index (χ1) is 9.81. The zero-order valence-electron chi connectivity index (χ0n) is 12.3. The van der Waals surface area contributed by atoms with Gasteiger partial charge < -0.3 is 10.2 Å². The summed E-state index contributed by atoms with van der Waals surface area (Å²) in [4.78, 5) is 14.8. The lowest BCUT2D eigenvalue weighted by molar-refractivity contribution is -0.134. The molecule has 0 spiro atoms. The molecule has 1 N–H and O–H groups in total. The molecular weight excluding hydrogens is 248 g/mol. The highest BCUT2D eigenvalue weighted by atomic mass is 16.2. The van der Waals surface area contributed by atoms with Crippen LogP contribution in [0.25, 0.3) is 0 Å². The summed E-state index contributed by atoms with van der Waals surface area (Å²) in [6.45, 7) is 0.774. The number of aryl methyl sites for hydroxylation is 1. The third kappa shape index (κ3) is 2.73. The van der Waals surface area contributed by atoms with E-state index in [0.29, 0.717) is 24.4 Å². The molecule has 0 aliphatic heterocycles. The molecule has 1 aromatic carbocycles. The van der Waals surface area contributed by atoms with Crippen molar-refractivity contribution in [3.63, 3.8) is 0 Å². The highest BCUT2D eigenvalue weighted by Gasteiger charge is 2.38. The van der Waals surface area contributed by atoms with E-state index in [4.69, 9.17) is 0 Å². The standard InChI is InChI=1S/C17H24N2O/c1-18-12-11-17(20)19(14-9-10-14)16-8-4-6-13-5-2-3-7-15(13)16/h2-3,5,7,14,16,18H,4,6,8-12H2,1H3. The minimum absolute atomic E-state index is 0.316. The van der Waals surface area contributed by atoms with Crippen LogP contribution in [-0.4, -0.2) is 30.4 Å². The first-order valence-corrected chi connectivity index (χ1v) is 7.85. The Morgan fingerprint density at radius 3 is 2.85 bits per heavy atom. The van der Waals surface area contributed by atoms with Crippen LogP contribution in [0, 0.1) is 0 Å². The van der Waals surface area contributed by atoms with E-state index < -0.39 is 0 Å². The van der Waals surface area contributed by atoms with Gasteiger partial charge in [0.05, 0.1) is 6.04 Å². The lowest BCUT2D eigenvalue weighted by atomic mass is 9.86. The fourth-order valence-corrected chi connectivity index (χ4v) is 3.36. The molecule has 0 radical (unpaired) electrons. The molecule has 0 heterocycles. The van der Waals surface area contributed by atoms with E-state index in [-0.39, 0.29) is 0 Å². The number of hydrogen-bond donors (Lipinski definition) is 1. The summed E-state index contributed by atoms with van der Waals surface area (Å²) in [5.41, 5.74) is 2.83. The van der Waals surface area contributed by atoms with Crippen LogP contribution in [0.3, 0.4) is 0 Å². The van der Waals surface area contributed by atoms with Gasteiger partial charge in [-0.25, -0.2) is 0 Å². The number of carbonyl (C=O) groups is 1. The van der Waals surface area contributed by atoms with Gasteiger partial charge in [0.2, 0.25) is 5.91 Å². The lowest BCUT2D eigenvalue weighted by Gasteiger charge is -2.36. The van der Waals surface area contributed by atoms with Gasteiger partial charge in [0.25, 0.3) is 0 Å². The van der Waals surface area contributed by atoms with Crippen LogP contribution < -0.4 is 5.32 Å². The Bertz CT molecular complexity index is 482. The third-order valence-corrected chi connectivity index (χ3v) is 4.49. The average Bonchev–Trinajstić information content (AvgIpc) is 3.30. The molecule has 2 aliphatic rings. The predicted molar refractivity (Wildman–Crippen MR) is 80.5 cm³/mol. The highest BCUT2D eigenvalue weighted by molar-refractivity contribution is 5.77. The summed E-state index contributed by atoms with van der Waals surface area (Å²) in [7, 11) is 1.91. The Morgan fingerprint density at radius 1 is 1.30 bits per heavy atom. The van der Waals surface area contributed by atoms with Crippen molar-refractivity contribution in [1.29, 1.82) is 0 Å². The van der Waals surface area contributed by atoms with E-state index in [1.165, 1.54) is 30.4 Å². The quantitative estimate of drug-likeness (QED) is 0.893. The zero-order chi connectivity index (χ0) is 13.9. The molecule has 1 atom stereocenters. The average molecular weight is 272 g/mol. The molecule has 108 valence electrons. The minimum Gasteiger partial charge on any atom is -0.333 e. The Balaban J connectivity index is 1.83. The molecule has 20 heavy (non-hydrogen) atoms. The molecule has 3 rings (SSSR count). The molecule has 1 saturated carbocycles. The first-order valence-electron chi connectivity index (χ1n) is 7.85. The van der Waals surface area contributed by atoms with Crippen molar-refractivity contribution in [1.82, 2.24) is 10.2 Å². The molecule has 1 amide bonds. The Kier molecular flexibility index (Phi) is 4.06. The number of nitrogens with zero attached hydrogens (tertiary/aromatic N) is 1. The number of benzene rings is 1. The largest absolute Gasteiger partial charge is 0.333 e. The second-order valence-corrected chi connectivity index (χ2v) is 5.99. The van der Waals surface area contributed by atoms with Gasteiger partial charge in [-0.15, -0.1) is 0 Å². The van der Waals surface area contributed by atoms with Crippen molar-refractivity contribution in [2.24, 2.45) is 0 Å².